The average Bonchev–Trinajstić information content (AvgIpc) is 3.16. The zero-order valence-corrected chi connectivity index (χ0v) is 20.1. The zero-order valence-electron chi connectivity index (χ0n) is 17.0. The number of carbonyl (C=O) groups is 1. The minimum Gasteiger partial charge on any atom is -0.299 e. The van der Waals surface area contributed by atoms with Crippen LogP contribution < -0.4 is 9.62 Å². The van der Waals surface area contributed by atoms with Gasteiger partial charge in [-0.2, -0.15) is 0 Å². The number of halogens is 2. The molecule has 0 aliphatic rings. The van der Waals surface area contributed by atoms with Crippen LogP contribution in [0.5, 0.6) is 0 Å². The molecule has 1 aromatic heterocycles. The lowest BCUT2D eigenvalue weighted by Crippen LogP contribution is -2.47. The molecule has 1 heterocycles. The first-order valence-corrected chi connectivity index (χ1v) is 12.7. The van der Waals surface area contributed by atoms with Gasteiger partial charge in [0.25, 0.3) is 0 Å². The summed E-state index contributed by atoms with van der Waals surface area (Å²) in [6.45, 7) is 3.69. The van der Waals surface area contributed by atoms with E-state index in [0.29, 0.717) is 10.0 Å². The van der Waals surface area contributed by atoms with Crippen LogP contribution in [0.2, 0.25) is 10.0 Å². The van der Waals surface area contributed by atoms with Crippen molar-refractivity contribution in [2.24, 2.45) is 0 Å². The van der Waals surface area contributed by atoms with Gasteiger partial charge in [-0.1, -0.05) is 71.3 Å². The molecule has 2 aromatic carbocycles. The summed E-state index contributed by atoms with van der Waals surface area (Å²) in [5.74, 6) is -0.546. The SMILES string of the molecule is CCC(C(=O)Nc1nnc(-c2ccc(C)cc2)s1)N(c1cc(Cl)ccc1Cl)S(C)(=O)=O. The predicted molar refractivity (Wildman–Crippen MR) is 127 cm³/mol. The number of nitrogens with zero attached hydrogens (tertiary/aromatic N) is 3. The highest BCUT2D eigenvalue weighted by Gasteiger charge is 2.33. The first kappa shape index (κ1) is 23.5. The monoisotopic (exact) mass is 498 g/mol. The number of carbonyl (C=O) groups excluding carboxylic acids is 1. The van der Waals surface area contributed by atoms with Gasteiger partial charge in [-0.25, -0.2) is 8.42 Å². The van der Waals surface area contributed by atoms with Gasteiger partial charge in [0.2, 0.25) is 21.1 Å². The van der Waals surface area contributed by atoms with Gasteiger partial charge in [-0.05, 0) is 31.5 Å². The molecule has 0 saturated carbocycles. The minimum atomic E-state index is -3.85. The molecule has 1 amide bonds. The molecule has 0 radical (unpaired) electrons. The number of nitrogens with one attached hydrogen (secondary N) is 1. The second kappa shape index (κ2) is 9.52. The van der Waals surface area contributed by atoms with Crippen molar-refractivity contribution in [2.45, 2.75) is 26.3 Å². The van der Waals surface area contributed by atoms with Crippen LogP contribution in [0.3, 0.4) is 0 Å². The third-order valence-corrected chi connectivity index (χ3v) is 7.04. The molecular weight excluding hydrogens is 479 g/mol. The number of aryl methyl sites for hydroxylation is 1. The van der Waals surface area contributed by atoms with E-state index < -0.39 is 22.0 Å². The molecule has 11 heteroatoms. The number of hydrogen-bond acceptors (Lipinski definition) is 6. The lowest BCUT2D eigenvalue weighted by molar-refractivity contribution is -0.117. The number of anilines is 2. The molecule has 0 aliphatic carbocycles. The van der Waals surface area contributed by atoms with E-state index in [0.717, 1.165) is 21.7 Å². The Morgan fingerprint density at radius 3 is 2.45 bits per heavy atom. The summed E-state index contributed by atoms with van der Waals surface area (Å²) in [7, 11) is -3.85. The van der Waals surface area contributed by atoms with Crippen LogP contribution in [0, 0.1) is 6.92 Å². The summed E-state index contributed by atoms with van der Waals surface area (Å²) >= 11 is 13.5. The summed E-state index contributed by atoms with van der Waals surface area (Å²) < 4.78 is 26.2. The highest BCUT2D eigenvalue weighted by Crippen LogP contribution is 2.33. The predicted octanol–water partition coefficient (Wildman–Crippen LogP) is 5.00. The lowest BCUT2D eigenvalue weighted by atomic mass is 10.2. The maximum Gasteiger partial charge on any atom is 0.250 e. The van der Waals surface area contributed by atoms with E-state index in [4.69, 9.17) is 23.2 Å². The van der Waals surface area contributed by atoms with E-state index in [2.05, 4.69) is 15.5 Å². The second-order valence-corrected chi connectivity index (χ2v) is 10.5. The van der Waals surface area contributed by atoms with Gasteiger partial charge in [0.15, 0.2) is 0 Å². The quantitative estimate of drug-likeness (QED) is 0.494. The van der Waals surface area contributed by atoms with E-state index in [1.807, 2.05) is 31.2 Å². The van der Waals surface area contributed by atoms with E-state index in [1.165, 1.54) is 23.5 Å². The summed E-state index contributed by atoms with van der Waals surface area (Å²) in [4.78, 5) is 13.0. The van der Waals surface area contributed by atoms with E-state index in [9.17, 15) is 13.2 Å². The Hall–Kier alpha value is -2.20. The van der Waals surface area contributed by atoms with Crippen molar-refractivity contribution in [1.82, 2.24) is 10.2 Å². The fourth-order valence-electron chi connectivity index (χ4n) is 2.97. The standard InChI is InChI=1S/C20H20Cl2N4O3S2/c1-4-16(26(31(3,28)29)17-11-14(21)9-10-15(17)22)18(27)23-20-25-24-19(30-20)13-7-5-12(2)6-8-13/h5-11,16H,4H2,1-3H3,(H,23,25,27). The van der Waals surface area contributed by atoms with Gasteiger partial charge in [0.05, 0.1) is 17.0 Å². The van der Waals surface area contributed by atoms with Crippen molar-refractivity contribution in [3.8, 4) is 10.6 Å². The lowest BCUT2D eigenvalue weighted by Gasteiger charge is -2.30. The van der Waals surface area contributed by atoms with Gasteiger partial charge in [-0.15, -0.1) is 10.2 Å². The van der Waals surface area contributed by atoms with Crippen molar-refractivity contribution in [2.75, 3.05) is 15.9 Å². The fourth-order valence-corrected chi connectivity index (χ4v) is 5.36. The Kier molecular flexibility index (Phi) is 7.20. The maximum absolute atomic E-state index is 13.0. The highest BCUT2D eigenvalue weighted by atomic mass is 35.5. The van der Waals surface area contributed by atoms with Crippen LogP contribution >= 0.6 is 34.5 Å². The van der Waals surface area contributed by atoms with Crippen molar-refractivity contribution in [1.29, 1.82) is 0 Å². The molecule has 0 saturated heterocycles. The van der Waals surface area contributed by atoms with E-state index in [-0.39, 0.29) is 22.3 Å². The zero-order chi connectivity index (χ0) is 22.8. The Labute approximate surface area is 195 Å². The maximum atomic E-state index is 13.0. The molecule has 0 aliphatic heterocycles. The van der Waals surface area contributed by atoms with Crippen molar-refractivity contribution >= 4 is 61.3 Å². The molecule has 1 atom stereocenters. The average molecular weight is 499 g/mol. The number of hydrogen-bond donors (Lipinski definition) is 1. The number of benzene rings is 2. The molecule has 3 aromatic rings. The highest BCUT2D eigenvalue weighted by molar-refractivity contribution is 7.92. The topological polar surface area (TPSA) is 92.3 Å². The van der Waals surface area contributed by atoms with Gasteiger partial charge >= 0.3 is 0 Å². The van der Waals surface area contributed by atoms with Crippen molar-refractivity contribution in [3.63, 3.8) is 0 Å². The van der Waals surface area contributed by atoms with Crippen molar-refractivity contribution in [3.05, 3.63) is 58.1 Å². The molecule has 0 spiro atoms. The summed E-state index contributed by atoms with van der Waals surface area (Å²) in [5.41, 5.74) is 2.13. The van der Waals surface area contributed by atoms with Crippen LogP contribution in [-0.4, -0.2) is 36.8 Å². The van der Waals surface area contributed by atoms with Crippen LogP contribution in [-0.2, 0) is 14.8 Å². The molecular formula is C20H20Cl2N4O3S2. The summed E-state index contributed by atoms with van der Waals surface area (Å²) in [5, 5.41) is 12.2. The Morgan fingerprint density at radius 2 is 1.84 bits per heavy atom. The van der Waals surface area contributed by atoms with Crippen LogP contribution in [0.15, 0.2) is 42.5 Å². The van der Waals surface area contributed by atoms with Gasteiger partial charge in [0.1, 0.15) is 11.0 Å². The van der Waals surface area contributed by atoms with Crippen LogP contribution in [0.25, 0.3) is 10.6 Å². The van der Waals surface area contributed by atoms with Crippen LogP contribution in [0.1, 0.15) is 18.9 Å². The molecule has 1 unspecified atom stereocenters. The molecule has 1 N–H and O–H groups in total. The number of sulfonamides is 1. The molecule has 7 nitrogen and oxygen atoms in total. The Balaban J connectivity index is 1.89. The largest absolute Gasteiger partial charge is 0.299 e. The molecule has 3 rings (SSSR count). The van der Waals surface area contributed by atoms with Gasteiger partial charge < -0.3 is 0 Å². The molecule has 0 bridgehead atoms. The summed E-state index contributed by atoms with van der Waals surface area (Å²) in [6.07, 6.45) is 1.21. The first-order valence-electron chi connectivity index (χ1n) is 9.26. The number of amides is 1. The van der Waals surface area contributed by atoms with E-state index in [1.54, 1.807) is 13.0 Å². The normalized spacial score (nSPS) is 12.4. The molecule has 164 valence electrons. The minimum absolute atomic E-state index is 0.135. The van der Waals surface area contributed by atoms with Gasteiger partial charge in [-0.3, -0.25) is 14.4 Å². The van der Waals surface area contributed by atoms with Crippen LogP contribution in [0.4, 0.5) is 10.8 Å². The van der Waals surface area contributed by atoms with Gasteiger partial charge in [0, 0.05) is 10.6 Å². The number of aromatic nitrogens is 2. The summed E-state index contributed by atoms with van der Waals surface area (Å²) in [6, 6.07) is 11.1. The third-order valence-electron chi connectivity index (χ3n) is 4.43. The number of rotatable bonds is 7. The van der Waals surface area contributed by atoms with E-state index >= 15 is 0 Å². The Bertz CT molecular complexity index is 1200. The second-order valence-electron chi connectivity index (χ2n) is 6.85. The third kappa shape index (κ3) is 5.54. The van der Waals surface area contributed by atoms with Crippen molar-refractivity contribution < 1.29 is 13.2 Å². The molecule has 31 heavy (non-hydrogen) atoms. The Morgan fingerprint density at radius 1 is 1.16 bits per heavy atom. The molecule has 0 fully saturated rings. The smallest absolute Gasteiger partial charge is 0.250 e. The fraction of sp³-hybridized carbons (Fsp3) is 0.250. The first-order chi connectivity index (χ1) is 14.6.